The van der Waals surface area contributed by atoms with Crippen LogP contribution in [0.5, 0.6) is 5.75 Å². The molecule has 2 aromatic heterocycles. The fourth-order valence-electron chi connectivity index (χ4n) is 2.52. The molecule has 1 N–H and O–H groups in total. The Balaban J connectivity index is 1.59. The van der Waals surface area contributed by atoms with Crippen LogP contribution in [0.2, 0.25) is 0 Å². The summed E-state index contributed by atoms with van der Waals surface area (Å²) in [6, 6.07) is 7.83. The molecular formula is C20H23N3O2S2. The molecule has 0 aliphatic heterocycles. The molecule has 2 heterocycles. The number of nitrogens with zero attached hydrogens (tertiary/aromatic N) is 2. The van der Waals surface area contributed by atoms with Crippen molar-refractivity contribution in [3.8, 4) is 16.3 Å². The van der Waals surface area contributed by atoms with Crippen LogP contribution in [0.15, 0.2) is 35.0 Å². The number of thiazole rings is 2. The third-order valence-corrected chi connectivity index (χ3v) is 5.96. The number of nitrogens with one attached hydrogen (secondary N) is 1. The first kappa shape index (κ1) is 19.5. The van der Waals surface area contributed by atoms with Gasteiger partial charge in [-0.15, -0.1) is 22.7 Å². The fraction of sp³-hybridized carbons (Fsp3) is 0.350. The zero-order valence-electron chi connectivity index (χ0n) is 15.7. The number of benzene rings is 1. The number of hydrogen-bond acceptors (Lipinski definition) is 6. The molecule has 0 spiro atoms. The molecule has 0 unspecified atom stereocenters. The van der Waals surface area contributed by atoms with Gasteiger partial charge in [-0.2, -0.15) is 0 Å². The zero-order chi connectivity index (χ0) is 19.2. The number of rotatable bonds is 8. The normalized spacial score (nSPS) is 11.0. The summed E-state index contributed by atoms with van der Waals surface area (Å²) >= 11 is 3.16. The molecule has 0 radical (unpaired) electrons. The number of carbonyl (C=O) groups is 1. The van der Waals surface area contributed by atoms with Crippen LogP contribution in [-0.4, -0.2) is 22.5 Å². The van der Waals surface area contributed by atoms with Gasteiger partial charge in [-0.25, -0.2) is 9.97 Å². The van der Waals surface area contributed by atoms with Crippen molar-refractivity contribution in [1.82, 2.24) is 15.3 Å². The maximum absolute atomic E-state index is 12.2. The Morgan fingerprint density at radius 2 is 1.93 bits per heavy atom. The van der Waals surface area contributed by atoms with E-state index in [1.807, 2.05) is 41.9 Å². The minimum Gasteiger partial charge on any atom is -0.493 e. The molecular weight excluding hydrogens is 378 g/mol. The quantitative estimate of drug-likeness (QED) is 0.597. The van der Waals surface area contributed by atoms with Gasteiger partial charge in [0.05, 0.1) is 41.5 Å². The van der Waals surface area contributed by atoms with Crippen LogP contribution < -0.4 is 10.1 Å². The molecule has 142 valence electrons. The first-order valence-electron chi connectivity index (χ1n) is 8.94. The minimum absolute atomic E-state index is 0.0518. The van der Waals surface area contributed by atoms with Crippen molar-refractivity contribution in [3.63, 3.8) is 0 Å². The molecule has 1 amide bonds. The van der Waals surface area contributed by atoms with E-state index in [0.717, 1.165) is 32.7 Å². The Morgan fingerprint density at radius 3 is 2.67 bits per heavy atom. The van der Waals surface area contributed by atoms with Crippen LogP contribution in [0.25, 0.3) is 10.6 Å². The largest absolute Gasteiger partial charge is 0.493 e. The summed E-state index contributed by atoms with van der Waals surface area (Å²) in [6.07, 6.45) is 0.258. The Bertz CT molecular complexity index is 902. The van der Waals surface area contributed by atoms with Gasteiger partial charge in [-0.1, -0.05) is 26.0 Å². The molecule has 0 aliphatic carbocycles. The standard InChI is InChI=1S/C20H23N3O2S2/c1-4-25-17-8-6-5-7-16(17)20-22-14(11-27-20)9-18(24)21-10-15-12-26-19(23-15)13(2)3/h5-8,11-13H,4,9-10H2,1-3H3,(H,21,24). The highest BCUT2D eigenvalue weighted by molar-refractivity contribution is 7.13. The lowest BCUT2D eigenvalue weighted by molar-refractivity contribution is -0.120. The molecule has 0 atom stereocenters. The van der Waals surface area contributed by atoms with Crippen LogP contribution in [0.1, 0.15) is 43.1 Å². The van der Waals surface area contributed by atoms with E-state index in [1.165, 1.54) is 11.3 Å². The number of amides is 1. The van der Waals surface area contributed by atoms with E-state index in [4.69, 9.17) is 4.74 Å². The summed E-state index contributed by atoms with van der Waals surface area (Å²) in [6.45, 7) is 7.25. The van der Waals surface area contributed by atoms with E-state index in [1.54, 1.807) is 11.3 Å². The SMILES string of the molecule is CCOc1ccccc1-c1nc(CC(=O)NCc2csc(C(C)C)n2)cs1. The summed E-state index contributed by atoms with van der Waals surface area (Å²) in [7, 11) is 0. The molecule has 7 heteroatoms. The van der Waals surface area contributed by atoms with Crippen LogP contribution in [0.3, 0.4) is 0 Å². The van der Waals surface area contributed by atoms with Crippen molar-refractivity contribution in [2.24, 2.45) is 0 Å². The van der Waals surface area contributed by atoms with E-state index in [2.05, 4.69) is 29.1 Å². The summed E-state index contributed by atoms with van der Waals surface area (Å²) in [5.41, 5.74) is 2.63. The van der Waals surface area contributed by atoms with Crippen molar-refractivity contribution >= 4 is 28.6 Å². The summed E-state index contributed by atoms with van der Waals surface area (Å²) in [5.74, 6) is 1.17. The van der Waals surface area contributed by atoms with Crippen LogP contribution in [-0.2, 0) is 17.8 Å². The molecule has 0 bridgehead atoms. The number of carbonyl (C=O) groups excluding carboxylic acids is 1. The van der Waals surface area contributed by atoms with Gasteiger partial charge >= 0.3 is 0 Å². The maximum atomic E-state index is 12.2. The Kier molecular flexibility index (Phi) is 6.58. The number of ether oxygens (including phenoxy) is 1. The lowest BCUT2D eigenvalue weighted by Crippen LogP contribution is -2.24. The number of hydrogen-bond donors (Lipinski definition) is 1. The van der Waals surface area contributed by atoms with Crippen LogP contribution >= 0.6 is 22.7 Å². The number of aromatic nitrogens is 2. The van der Waals surface area contributed by atoms with Gasteiger partial charge in [0.15, 0.2) is 0 Å². The van der Waals surface area contributed by atoms with Gasteiger partial charge in [0.1, 0.15) is 10.8 Å². The molecule has 0 aliphatic rings. The Labute approximate surface area is 167 Å². The van der Waals surface area contributed by atoms with Crippen LogP contribution in [0, 0.1) is 0 Å². The molecule has 0 saturated heterocycles. The Morgan fingerprint density at radius 1 is 1.15 bits per heavy atom. The smallest absolute Gasteiger partial charge is 0.226 e. The summed E-state index contributed by atoms with van der Waals surface area (Å²) in [5, 5.41) is 8.81. The maximum Gasteiger partial charge on any atom is 0.226 e. The lowest BCUT2D eigenvalue weighted by atomic mass is 10.2. The predicted molar refractivity (Wildman–Crippen MR) is 110 cm³/mol. The third-order valence-electron chi connectivity index (χ3n) is 3.84. The first-order chi connectivity index (χ1) is 13.1. The van der Waals surface area contributed by atoms with Crippen molar-refractivity contribution < 1.29 is 9.53 Å². The Hall–Kier alpha value is -2.25. The molecule has 0 saturated carbocycles. The van der Waals surface area contributed by atoms with Gasteiger partial charge in [-0.3, -0.25) is 4.79 Å². The van der Waals surface area contributed by atoms with Crippen molar-refractivity contribution in [3.05, 3.63) is 51.4 Å². The van der Waals surface area contributed by atoms with Gasteiger partial charge in [0, 0.05) is 16.7 Å². The van der Waals surface area contributed by atoms with E-state index < -0.39 is 0 Å². The molecule has 5 nitrogen and oxygen atoms in total. The van der Waals surface area contributed by atoms with E-state index in [0.29, 0.717) is 19.1 Å². The highest BCUT2D eigenvalue weighted by Crippen LogP contribution is 2.32. The molecule has 0 fully saturated rings. The highest BCUT2D eigenvalue weighted by Gasteiger charge is 2.13. The average molecular weight is 402 g/mol. The average Bonchev–Trinajstić information content (AvgIpc) is 3.30. The van der Waals surface area contributed by atoms with Crippen molar-refractivity contribution in [2.75, 3.05) is 6.61 Å². The minimum atomic E-state index is -0.0518. The van der Waals surface area contributed by atoms with E-state index in [-0.39, 0.29) is 12.3 Å². The van der Waals surface area contributed by atoms with Crippen molar-refractivity contribution in [1.29, 1.82) is 0 Å². The van der Waals surface area contributed by atoms with Gasteiger partial charge in [0.2, 0.25) is 5.91 Å². The summed E-state index contributed by atoms with van der Waals surface area (Å²) in [4.78, 5) is 21.4. The second-order valence-corrected chi connectivity index (χ2v) is 8.11. The topological polar surface area (TPSA) is 64.1 Å². The molecule has 27 heavy (non-hydrogen) atoms. The lowest BCUT2D eigenvalue weighted by Gasteiger charge is -2.07. The van der Waals surface area contributed by atoms with E-state index in [9.17, 15) is 4.79 Å². The second-order valence-electron chi connectivity index (χ2n) is 6.36. The highest BCUT2D eigenvalue weighted by atomic mass is 32.1. The van der Waals surface area contributed by atoms with Gasteiger partial charge in [0.25, 0.3) is 0 Å². The first-order valence-corrected chi connectivity index (χ1v) is 10.7. The monoisotopic (exact) mass is 401 g/mol. The van der Waals surface area contributed by atoms with E-state index >= 15 is 0 Å². The molecule has 3 aromatic rings. The zero-order valence-corrected chi connectivity index (χ0v) is 17.3. The predicted octanol–water partition coefficient (Wildman–Crippen LogP) is 4.65. The van der Waals surface area contributed by atoms with Gasteiger partial charge < -0.3 is 10.1 Å². The molecule has 3 rings (SSSR count). The second kappa shape index (κ2) is 9.10. The summed E-state index contributed by atoms with van der Waals surface area (Å²) < 4.78 is 5.67. The van der Waals surface area contributed by atoms with Crippen molar-refractivity contribution in [2.45, 2.75) is 39.7 Å². The third kappa shape index (κ3) is 5.14. The number of para-hydroxylation sites is 1. The van der Waals surface area contributed by atoms with Gasteiger partial charge in [-0.05, 0) is 19.1 Å². The van der Waals surface area contributed by atoms with Crippen LogP contribution in [0.4, 0.5) is 0 Å². The fourth-order valence-corrected chi connectivity index (χ4v) is 4.21. The molecule has 1 aromatic carbocycles.